The van der Waals surface area contributed by atoms with E-state index in [4.69, 9.17) is 0 Å². The maximum atomic E-state index is 3.71. The van der Waals surface area contributed by atoms with E-state index < -0.39 is 0 Å². The van der Waals surface area contributed by atoms with Crippen LogP contribution in [0, 0.1) is 0 Å². The highest BCUT2D eigenvalue weighted by atomic mass is 15.2. The van der Waals surface area contributed by atoms with Crippen LogP contribution in [-0.2, 0) is 0 Å². The van der Waals surface area contributed by atoms with Crippen LogP contribution in [0.5, 0.6) is 0 Å². The fourth-order valence-corrected chi connectivity index (χ4v) is 3.42. The Labute approximate surface area is 113 Å². The molecule has 2 heterocycles. The zero-order valence-electron chi connectivity index (χ0n) is 12.3. The number of rotatable bonds is 6. The number of likely N-dealkylation sites (tertiary alicyclic amines) is 2. The molecule has 18 heavy (non-hydrogen) atoms. The third kappa shape index (κ3) is 4.52. The Morgan fingerprint density at radius 2 is 1.83 bits per heavy atom. The van der Waals surface area contributed by atoms with Crippen molar-refractivity contribution in [3.8, 4) is 0 Å². The largest absolute Gasteiger partial charge is 0.313 e. The van der Waals surface area contributed by atoms with Crippen LogP contribution in [0.25, 0.3) is 0 Å². The second kappa shape index (κ2) is 7.46. The molecule has 0 aromatic rings. The molecule has 0 aliphatic carbocycles. The quantitative estimate of drug-likeness (QED) is 0.780. The molecule has 2 rings (SSSR count). The van der Waals surface area contributed by atoms with Gasteiger partial charge in [-0.05, 0) is 72.3 Å². The van der Waals surface area contributed by atoms with E-state index in [9.17, 15) is 0 Å². The summed E-state index contributed by atoms with van der Waals surface area (Å²) in [4.78, 5) is 5.15. The first kappa shape index (κ1) is 14.3. The molecule has 2 unspecified atom stereocenters. The van der Waals surface area contributed by atoms with Crippen LogP contribution in [0.3, 0.4) is 0 Å². The van der Waals surface area contributed by atoms with Crippen molar-refractivity contribution in [1.29, 1.82) is 0 Å². The predicted molar refractivity (Wildman–Crippen MR) is 78.0 cm³/mol. The van der Waals surface area contributed by atoms with Gasteiger partial charge in [0.25, 0.3) is 0 Å². The highest BCUT2D eigenvalue weighted by molar-refractivity contribution is 4.77. The Kier molecular flexibility index (Phi) is 5.93. The zero-order valence-corrected chi connectivity index (χ0v) is 12.3. The van der Waals surface area contributed by atoms with Gasteiger partial charge in [0.05, 0.1) is 0 Å². The van der Waals surface area contributed by atoms with Gasteiger partial charge in [-0.3, -0.25) is 0 Å². The summed E-state index contributed by atoms with van der Waals surface area (Å²) in [5.41, 5.74) is 0. The van der Waals surface area contributed by atoms with Gasteiger partial charge in [-0.1, -0.05) is 6.42 Å². The lowest BCUT2D eigenvalue weighted by atomic mass is 10.00. The van der Waals surface area contributed by atoms with Crippen molar-refractivity contribution >= 4 is 0 Å². The molecular formula is C15H31N3. The molecule has 2 atom stereocenters. The van der Waals surface area contributed by atoms with Gasteiger partial charge in [0.15, 0.2) is 0 Å². The van der Waals surface area contributed by atoms with Gasteiger partial charge in [0, 0.05) is 18.6 Å². The maximum Gasteiger partial charge on any atom is 0.0166 e. The summed E-state index contributed by atoms with van der Waals surface area (Å²) in [5, 5.41) is 3.71. The van der Waals surface area contributed by atoms with Crippen LogP contribution < -0.4 is 5.32 Å². The molecule has 2 aliphatic heterocycles. The fourth-order valence-electron chi connectivity index (χ4n) is 3.42. The minimum atomic E-state index is 0.650. The van der Waals surface area contributed by atoms with E-state index >= 15 is 0 Å². The molecule has 2 aliphatic rings. The molecule has 0 spiro atoms. The number of piperidine rings is 1. The fraction of sp³-hybridized carbons (Fsp3) is 1.00. The normalized spacial score (nSPS) is 28.7. The van der Waals surface area contributed by atoms with E-state index in [1.165, 1.54) is 71.2 Å². The number of hydrogen-bond acceptors (Lipinski definition) is 3. The first-order valence-corrected chi connectivity index (χ1v) is 7.91. The summed E-state index contributed by atoms with van der Waals surface area (Å²) in [7, 11) is 2.29. The average molecular weight is 253 g/mol. The minimum absolute atomic E-state index is 0.650. The summed E-state index contributed by atoms with van der Waals surface area (Å²) < 4.78 is 0. The van der Waals surface area contributed by atoms with Gasteiger partial charge < -0.3 is 15.1 Å². The number of nitrogens with zero attached hydrogens (tertiary/aromatic N) is 2. The minimum Gasteiger partial charge on any atom is -0.313 e. The van der Waals surface area contributed by atoms with Crippen molar-refractivity contribution in [2.45, 2.75) is 57.5 Å². The summed E-state index contributed by atoms with van der Waals surface area (Å²) in [6.07, 6.45) is 8.35. The molecule has 1 N–H and O–H groups in total. The highest BCUT2D eigenvalue weighted by Crippen LogP contribution is 2.17. The SMILES string of the molecule is CC(CN1CCCC1)NCCC1CCCCN1C. The van der Waals surface area contributed by atoms with Gasteiger partial charge in [0.1, 0.15) is 0 Å². The standard InChI is InChI=1S/C15H31N3/c1-14(13-18-11-5-6-12-18)16-9-8-15-7-3-4-10-17(15)2/h14-16H,3-13H2,1-2H3. The molecule has 2 saturated heterocycles. The van der Waals surface area contributed by atoms with Crippen LogP contribution in [0.4, 0.5) is 0 Å². The van der Waals surface area contributed by atoms with E-state index in [0.29, 0.717) is 6.04 Å². The predicted octanol–water partition coefficient (Wildman–Crippen LogP) is 1.93. The monoisotopic (exact) mass is 253 g/mol. The van der Waals surface area contributed by atoms with Crippen molar-refractivity contribution in [1.82, 2.24) is 15.1 Å². The summed E-state index contributed by atoms with van der Waals surface area (Å²) in [6, 6.07) is 1.47. The Bertz CT molecular complexity index is 226. The van der Waals surface area contributed by atoms with E-state index in [1.807, 2.05) is 0 Å². The maximum absolute atomic E-state index is 3.71. The molecule has 0 bridgehead atoms. The van der Waals surface area contributed by atoms with Crippen LogP contribution in [0.15, 0.2) is 0 Å². The van der Waals surface area contributed by atoms with Gasteiger partial charge in [-0.25, -0.2) is 0 Å². The lowest BCUT2D eigenvalue weighted by molar-refractivity contribution is 0.173. The summed E-state index contributed by atoms with van der Waals surface area (Å²) in [5.74, 6) is 0. The van der Waals surface area contributed by atoms with Crippen molar-refractivity contribution in [3.05, 3.63) is 0 Å². The molecule has 2 fully saturated rings. The molecular weight excluding hydrogens is 222 g/mol. The van der Waals surface area contributed by atoms with Gasteiger partial charge in [-0.15, -0.1) is 0 Å². The van der Waals surface area contributed by atoms with Gasteiger partial charge in [-0.2, -0.15) is 0 Å². The second-order valence-electron chi connectivity index (χ2n) is 6.28. The molecule has 3 nitrogen and oxygen atoms in total. The highest BCUT2D eigenvalue weighted by Gasteiger charge is 2.19. The Morgan fingerprint density at radius 1 is 1.11 bits per heavy atom. The van der Waals surface area contributed by atoms with Crippen LogP contribution in [0.2, 0.25) is 0 Å². The number of nitrogens with one attached hydrogen (secondary N) is 1. The Morgan fingerprint density at radius 3 is 2.56 bits per heavy atom. The molecule has 0 aromatic heterocycles. The smallest absolute Gasteiger partial charge is 0.0166 e. The average Bonchev–Trinajstić information content (AvgIpc) is 2.84. The molecule has 106 valence electrons. The van der Waals surface area contributed by atoms with Gasteiger partial charge >= 0.3 is 0 Å². The van der Waals surface area contributed by atoms with Crippen molar-refractivity contribution in [2.75, 3.05) is 39.8 Å². The Balaban J connectivity index is 1.56. The summed E-state index contributed by atoms with van der Waals surface area (Å²) in [6.45, 7) is 8.69. The first-order chi connectivity index (χ1) is 8.75. The van der Waals surface area contributed by atoms with Crippen LogP contribution >= 0.6 is 0 Å². The zero-order chi connectivity index (χ0) is 12.8. The molecule has 0 radical (unpaired) electrons. The Hall–Kier alpha value is -0.120. The van der Waals surface area contributed by atoms with Crippen LogP contribution in [0.1, 0.15) is 45.4 Å². The lowest BCUT2D eigenvalue weighted by Gasteiger charge is -2.33. The van der Waals surface area contributed by atoms with E-state index in [0.717, 1.165) is 6.04 Å². The van der Waals surface area contributed by atoms with E-state index in [-0.39, 0.29) is 0 Å². The molecule has 0 saturated carbocycles. The summed E-state index contributed by atoms with van der Waals surface area (Å²) >= 11 is 0. The van der Waals surface area contributed by atoms with Crippen molar-refractivity contribution in [2.24, 2.45) is 0 Å². The van der Waals surface area contributed by atoms with Crippen molar-refractivity contribution < 1.29 is 0 Å². The topological polar surface area (TPSA) is 18.5 Å². The molecule has 0 aromatic carbocycles. The lowest BCUT2D eigenvalue weighted by Crippen LogP contribution is -2.42. The number of hydrogen-bond donors (Lipinski definition) is 1. The van der Waals surface area contributed by atoms with E-state index in [2.05, 4.69) is 29.1 Å². The van der Waals surface area contributed by atoms with Crippen molar-refractivity contribution in [3.63, 3.8) is 0 Å². The van der Waals surface area contributed by atoms with Gasteiger partial charge in [0.2, 0.25) is 0 Å². The van der Waals surface area contributed by atoms with Crippen LogP contribution in [-0.4, -0.2) is 61.7 Å². The third-order valence-electron chi connectivity index (χ3n) is 4.62. The molecule has 3 heteroatoms. The third-order valence-corrected chi connectivity index (χ3v) is 4.62. The first-order valence-electron chi connectivity index (χ1n) is 7.91. The molecule has 0 amide bonds. The van der Waals surface area contributed by atoms with E-state index in [1.54, 1.807) is 0 Å². The second-order valence-corrected chi connectivity index (χ2v) is 6.28.